The Bertz CT molecular complexity index is 766. The smallest absolute Gasteiger partial charge is 0.310 e. The van der Waals surface area contributed by atoms with E-state index in [9.17, 15) is 14.9 Å². The van der Waals surface area contributed by atoms with Crippen molar-refractivity contribution in [1.29, 1.82) is 0 Å². The molecule has 0 aliphatic rings. The van der Waals surface area contributed by atoms with Crippen molar-refractivity contribution in [2.45, 2.75) is 13.0 Å². The molecule has 24 heavy (non-hydrogen) atoms. The van der Waals surface area contributed by atoms with Crippen LogP contribution in [-0.4, -0.2) is 24.0 Å². The van der Waals surface area contributed by atoms with Gasteiger partial charge in [0.1, 0.15) is 5.75 Å². The van der Waals surface area contributed by atoms with Crippen molar-refractivity contribution in [1.82, 2.24) is 0 Å². The molecule has 0 aliphatic heterocycles. The largest absolute Gasteiger partial charge is 0.495 e. The second-order valence-corrected chi connectivity index (χ2v) is 5.26. The number of ether oxygens (including phenoxy) is 2. The first-order chi connectivity index (χ1) is 11.4. The highest BCUT2D eigenvalue weighted by Crippen LogP contribution is 2.29. The summed E-state index contributed by atoms with van der Waals surface area (Å²) in [5.74, 6) is -0.0393. The van der Waals surface area contributed by atoms with Gasteiger partial charge in [-0.05, 0) is 31.2 Å². The van der Waals surface area contributed by atoms with Crippen LogP contribution in [0, 0.1) is 10.1 Å². The molecule has 0 saturated carbocycles. The third-order valence-electron chi connectivity index (χ3n) is 3.15. The predicted molar refractivity (Wildman–Crippen MR) is 89.8 cm³/mol. The third-order valence-corrected chi connectivity index (χ3v) is 3.39. The van der Waals surface area contributed by atoms with Gasteiger partial charge in [-0.2, -0.15) is 0 Å². The topological polar surface area (TPSA) is 90.7 Å². The normalized spacial score (nSPS) is 11.5. The number of nitro benzene ring substituents is 1. The second-order valence-electron chi connectivity index (χ2n) is 4.82. The quantitative estimate of drug-likeness (QED) is 0.634. The summed E-state index contributed by atoms with van der Waals surface area (Å²) in [4.78, 5) is 22.7. The lowest BCUT2D eigenvalue weighted by Gasteiger charge is -2.16. The minimum Gasteiger partial charge on any atom is -0.495 e. The minimum atomic E-state index is -0.963. The Hall–Kier alpha value is -2.80. The summed E-state index contributed by atoms with van der Waals surface area (Å²) in [5, 5.41) is 14.0. The molecule has 2 aromatic rings. The Balaban J connectivity index is 2.14. The first-order valence-electron chi connectivity index (χ1n) is 6.97. The lowest BCUT2D eigenvalue weighted by atomic mass is 10.2. The van der Waals surface area contributed by atoms with E-state index in [-0.39, 0.29) is 11.4 Å². The van der Waals surface area contributed by atoms with Gasteiger partial charge in [0.25, 0.3) is 5.91 Å². The van der Waals surface area contributed by atoms with Crippen LogP contribution in [0.2, 0.25) is 5.02 Å². The van der Waals surface area contributed by atoms with Gasteiger partial charge in [-0.3, -0.25) is 14.9 Å². The molecule has 0 aromatic heterocycles. The molecule has 7 nitrogen and oxygen atoms in total. The molecule has 126 valence electrons. The molecule has 0 spiro atoms. The van der Waals surface area contributed by atoms with E-state index in [1.54, 1.807) is 18.2 Å². The van der Waals surface area contributed by atoms with E-state index in [1.165, 1.54) is 38.3 Å². The third kappa shape index (κ3) is 4.14. The van der Waals surface area contributed by atoms with E-state index in [1.807, 2.05) is 0 Å². The van der Waals surface area contributed by atoms with Crippen LogP contribution in [0.25, 0.3) is 0 Å². The van der Waals surface area contributed by atoms with Gasteiger partial charge in [-0.15, -0.1) is 0 Å². The lowest BCUT2D eigenvalue weighted by molar-refractivity contribution is -0.386. The molecule has 0 aliphatic carbocycles. The summed E-state index contributed by atoms with van der Waals surface area (Å²) in [6.07, 6.45) is -0.963. The fourth-order valence-electron chi connectivity index (χ4n) is 1.96. The number of nitrogens with zero attached hydrogens (tertiary/aromatic N) is 1. The molecular weight excluding hydrogens is 336 g/mol. The van der Waals surface area contributed by atoms with Gasteiger partial charge in [0.05, 0.1) is 17.7 Å². The Labute approximate surface area is 143 Å². The van der Waals surface area contributed by atoms with E-state index in [2.05, 4.69) is 5.32 Å². The molecule has 8 heteroatoms. The Morgan fingerprint density at radius 3 is 2.62 bits per heavy atom. The summed E-state index contributed by atoms with van der Waals surface area (Å²) in [6.45, 7) is 1.49. The number of anilines is 1. The van der Waals surface area contributed by atoms with Crippen LogP contribution in [0.3, 0.4) is 0 Å². The van der Waals surface area contributed by atoms with Gasteiger partial charge in [0.2, 0.25) is 0 Å². The number of rotatable bonds is 6. The van der Waals surface area contributed by atoms with Gasteiger partial charge < -0.3 is 14.8 Å². The van der Waals surface area contributed by atoms with Gasteiger partial charge in [-0.25, -0.2) is 0 Å². The van der Waals surface area contributed by atoms with Gasteiger partial charge in [0, 0.05) is 11.1 Å². The number of methoxy groups -OCH3 is 1. The number of hydrogen-bond acceptors (Lipinski definition) is 5. The summed E-state index contributed by atoms with van der Waals surface area (Å²) >= 11 is 5.91. The number of hydrogen-bond donors (Lipinski definition) is 1. The molecule has 0 saturated heterocycles. The average molecular weight is 351 g/mol. The van der Waals surface area contributed by atoms with Crippen molar-refractivity contribution in [2.24, 2.45) is 0 Å². The molecule has 2 rings (SSSR count). The molecular formula is C16H15ClN2O5. The van der Waals surface area contributed by atoms with Crippen LogP contribution in [0.15, 0.2) is 42.5 Å². The number of halogens is 1. The van der Waals surface area contributed by atoms with Crippen molar-refractivity contribution >= 4 is 28.9 Å². The molecule has 0 fully saturated rings. The molecule has 1 amide bonds. The maximum atomic E-state index is 12.3. The van der Waals surface area contributed by atoms with Crippen molar-refractivity contribution in [3.05, 3.63) is 57.6 Å². The van der Waals surface area contributed by atoms with Crippen LogP contribution in [0.1, 0.15) is 6.92 Å². The van der Waals surface area contributed by atoms with Gasteiger partial charge in [0.15, 0.2) is 11.9 Å². The monoisotopic (exact) mass is 350 g/mol. The van der Waals surface area contributed by atoms with E-state index < -0.39 is 16.9 Å². The van der Waals surface area contributed by atoms with Gasteiger partial charge >= 0.3 is 5.69 Å². The van der Waals surface area contributed by atoms with Crippen LogP contribution >= 0.6 is 11.6 Å². The van der Waals surface area contributed by atoms with E-state index >= 15 is 0 Å². The minimum absolute atomic E-state index is 0.0169. The number of carbonyl (C=O) groups is 1. The maximum Gasteiger partial charge on any atom is 0.310 e. The lowest BCUT2D eigenvalue weighted by Crippen LogP contribution is -2.30. The molecule has 1 atom stereocenters. The molecule has 1 N–H and O–H groups in total. The summed E-state index contributed by atoms with van der Waals surface area (Å²) in [6, 6.07) is 10.6. The van der Waals surface area contributed by atoms with Crippen molar-refractivity contribution in [2.75, 3.05) is 12.4 Å². The number of nitro groups is 1. The zero-order valence-electron chi connectivity index (χ0n) is 13.0. The summed E-state index contributed by atoms with van der Waals surface area (Å²) in [5.41, 5.74) is 0.172. The zero-order valence-corrected chi connectivity index (χ0v) is 13.7. The van der Waals surface area contributed by atoms with Crippen LogP contribution in [-0.2, 0) is 4.79 Å². The number of carbonyl (C=O) groups excluding carboxylic acids is 1. The zero-order chi connectivity index (χ0) is 17.7. The first kappa shape index (κ1) is 17.6. The van der Waals surface area contributed by atoms with E-state index in [4.69, 9.17) is 21.1 Å². The second kappa shape index (κ2) is 7.65. The number of nitrogens with one attached hydrogen (secondary N) is 1. The molecule has 0 heterocycles. The van der Waals surface area contributed by atoms with Crippen LogP contribution in [0.5, 0.6) is 11.5 Å². The van der Waals surface area contributed by atoms with E-state index in [0.717, 1.165) is 0 Å². The average Bonchev–Trinajstić information content (AvgIpc) is 2.55. The van der Waals surface area contributed by atoms with Crippen LogP contribution < -0.4 is 14.8 Å². The molecule has 0 bridgehead atoms. The highest BCUT2D eigenvalue weighted by atomic mass is 35.5. The molecule has 0 radical (unpaired) electrons. The SMILES string of the molecule is COc1ccc(Cl)cc1NC(=O)[C@H](C)Oc1ccccc1[N+](=O)[O-]. The Morgan fingerprint density at radius 1 is 1.25 bits per heavy atom. The predicted octanol–water partition coefficient (Wildman–Crippen LogP) is 3.66. The fraction of sp³-hybridized carbons (Fsp3) is 0.188. The number of benzene rings is 2. The highest BCUT2D eigenvalue weighted by molar-refractivity contribution is 6.31. The molecule has 2 aromatic carbocycles. The standard InChI is InChI=1S/C16H15ClN2O5/c1-10(24-15-6-4-3-5-13(15)19(21)22)16(20)18-12-9-11(17)7-8-14(12)23-2/h3-10H,1-2H3,(H,18,20)/t10-/m0/s1. The van der Waals surface area contributed by atoms with Crippen LogP contribution in [0.4, 0.5) is 11.4 Å². The Kier molecular flexibility index (Phi) is 5.59. The first-order valence-corrected chi connectivity index (χ1v) is 7.34. The highest BCUT2D eigenvalue weighted by Gasteiger charge is 2.21. The Morgan fingerprint density at radius 2 is 1.96 bits per heavy atom. The van der Waals surface area contributed by atoms with Gasteiger partial charge in [-0.1, -0.05) is 23.7 Å². The molecule has 0 unspecified atom stereocenters. The van der Waals surface area contributed by atoms with Crippen molar-refractivity contribution < 1.29 is 19.2 Å². The maximum absolute atomic E-state index is 12.3. The summed E-state index contributed by atoms with van der Waals surface area (Å²) < 4.78 is 10.6. The summed E-state index contributed by atoms with van der Waals surface area (Å²) in [7, 11) is 1.46. The van der Waals surface area contributed by atoms with E-state index in [0.29, 0.717) is 16.5 Å². The van der Waals surface area contributed by atoms with Crippen molar-refractivity contribution in [3.8, 4) is 11.5 Å². The fourth-order valence-corrected chi connectivity index (χ4v) is 2.14. The number of para-hydroxylation sites is 2. The van der Waals surface area contributed by atoms with Crippen molar-refractivity contribution in [3.63, 3.8) is 0 Å². The number of amides is 1.